The van der Waals surface area contributed by atoms with Crippen molar-refractivity contribution in [1.82, 2.24) is 10.6 Å². The SMILES string of the molecule is CCNC1(C)CC=CC=C1NC. The van der Waals surface area contributed by atoms with E-state index in [9.17, 15) is 0 Å². The molecule has 0 aromatic heterocycles. The van der Waals surface area contributed by atoms with Crippen LogP contribution in [-0.4, -0.2) is 19.1 Å². The minimum absolute atomic E-state index is 0.109. The zero-order valence-corrected chi connectivity index (χ0v) is 8.15. The van der Waals surface area contributed by atoms with E-state index in [0.717, 1.165) is 13.0 Å². The Labute approximate surface area is 74.7 Å². The fourth-order valence-corrected chi connectivity index (χ4v) is 1.68. The molecule has 0 aliphatic heterocycles. The molecular weight excluding hydrogens is 148 g/mol. The van der Waals surface area contributed by atoms with Crippen molar-refractivity contribution >= 4 is 0 Å². The molecule has 1 rings (SSSR count). The van der Waals surface area contributed by atoms with Crippen molar-refractivity contribution in [2.45, 2.75) is 25.8 Å². The first-order valence-corrected chi connectivity index (χ1v) is 4.53. The summed E-state index contributed by atoms with van der Waals surface area (Å²) >= 11 is 0. The van der Waals surface area contributed by atoms with Gasteiger partial charge in [-0.05, 0) is 26.0 Å². The van der Waals surface area contributed by atoms with E-state index in [1.807, 2.05) is 7.05 Å². The van der Waals surface area contributed by atoms with Crippen LogP contribution in [0, 0.1) is 0 Å². The average molecular weight is 166 g/mol. The molecule has 0 spiro atoms. The highest BCUT2D eigenvalue weighted by Gasteiger charge is 2.26. The summed E-state index contributed by atoms with van der Waals surface area (Å²) in [7, 11) is 1.97. The van der Waals surface area contributed by atoms with Gasteiger partial charge in [0.2, 0.25) is 0 Å². The van der Waals surface area contributed by atoms with Gasteiger partial charge in [-0.15, -0.1) is 0 Å². The Balaban J connectivity index is 2.76. The van der Waals surface area contributed by atoms with E-state index < -0.39 is 0 Å². The molecule has 0 saturated heterocycles. The summed E-state index contributed by atoms with van der Waals surface area (Å²) in [5, 5.41) is 6.71. The Bertz CT molecular complexity index is 206. The zero-order chi connectivity index (χ0) is 9.03. The van der Waals surface area contributed by atoms with E-state index >= 15 is 0 Å². The standard InChI is InChI=1S/C10H18N2/c1-4-12-10(2)8-6-5-7-9(10)11-3/h5-7,11-12H,4,8H2,1-3H3. The molecule has 0 aromatic carbocycles. The van der Waals surface area contributed by atoms with Gasteiger partial charge in [-0.3, -0.25) is 0 Å². The van der Waals surface area contributed by atoms with E-state index in [4.69, 9.17) is 0 Å². The van der Waals surface area contributed by atoms with Crippen molar-refractivity contribution in [2.24, 2.45) is 0 Å². The Morgan fingerprint density at radius 2 is 2.33 bits per heavy atom. The Kier molecular flexibility index (Phi) is 2.93. The van der Waals surface area contributed by atoms with Gasteiger partial charge in [0, 0.05) is 12.7 Å². The second-order valence-corrected chi connectivity index (χ2v) is 3.33. The normalized spacial score (nSPS) is 28.4. The molecule has 0 aromatic rings. The van der Waals surface area contributed by atoms with Crippen LogP contribution in [0.1, 0.15) is 20.3 Å². The topological polar surface area (TPSA) is 24.1 Å². The minimum atomic E-state index is 0.109. The van der Waals surface area contributed by atoms with E-state index in [-0.39, 0.29) is 5.54 Å². The summed E-state index contributed by atoms with van der Waals surface area (Å²) in [5.41, 5.74) is 1.38. The monoisotopic (exact) mass is 166 g/mol. The van der Waals surface area contributed by atoms with Crippen LogP contribution in [0.25, 0.3) is 0 Å². The van der Waals surface area contributed by atoms with Crippen LogP contribution in [0.15, 0.2) is 23.9 Å². The summed E-state index contributed by atoms with van der Waals surface area (Å²) in [6.07, 6.45) is 7.49. The van der Waals surface area contributed by atoms with Crippen LogP contribution in [0.4, 0.5) is 0 Å². The summed E-state index contributed by atoms with van der Waals surface area (Å²) in [6, 6.07) is 0. The van der Waals surface area contributed by atoms with Crippen molar-refractivity contribution in [3.63, 3.8) is 0 Å². The third kappa shape index (κ3) is 1.69. The molecule has 12 heavy (non-hydrogen) atoms. The fraction of sp³-hybridized carbons (Fsp3) is 0.600. The predicted molar refractivity (Wildman–Crippen MR) is 53.0 cm³/mol. The number of hydrogen-bond acceptors (Lipinski definition) is 2. The van der Waals surface area contributed by atoms with Gasteiger partial charge in [0.15, 0.2) is 0 Å². The van der Waals surface area contributed by atoms with Crippen LogP contribution >= 0.6 is 0 Å². The van der Waals surface area contributed by atoms with Gasteiger partial charge < -0.3 is 10.6 Å². The maximum absolute atomic E-state index is 3.48. The van der Waals surface area contributed by atoms with Gasteiger partial charge in [-0.2, -0.15) is 0 Å². The van der Waals surface area contributed by atoms with E-state index in [1.165, 1.54) is 5.70 Å². The third-order valence-corrected chi connectivity index (χ3v) is 2.36. The number of likely N-dealkylation sites (N-methyl/N-ethyl adjacent to an activating group) is 2. The van der Waals surface area contributed by atoms with Gasteiger partial charge in [-0.1, -0.05) is 19.1 Å². The zero-order valence-electron chi connectivity index (χ0n) is 8.15. The third-order valence-electron chi connectivity index (χ3n) is 2.36. The van der Waals surface area contributed by atoms with Gasteiger partial charge in [0.05, 0.1) is 5.54 Å². The molecule has 2 heteroatoms. The molecule has 2 N–H and O–H groups in total. The van der Waals surface area contributed by atoms with Crippen LogP contribution in [-0.2, 0) is 0 Å². The lowest BCUT2D eigenvalue weighted by Gasteiger charge is -2.34. The maximum Gasteiger partial charge on any atom is 0.0589 e. The highest BCUT2D eigenvalue weighted by atomic mass is 15.0. The van der Waals surface area contributed by atoms with Gasteiger partial charge in [0.1, 0.15) is 0 Å². The maximum atomic E-state index is 3.48. The van der Waals surface area contributed by atoms with Gasteiger partial charge >= 0.3 is 0 Å². The van der Waals surface area contributed by atoms with Crippen LogP contribution in [0.3, 0.4) is 0 Å². The highest BCUT2D eigenvalue weighted by molar-refractivity contribution is 5.28. The largest absolute Gasteiger partial charge is 0.390 e. The molecule has 1 atom stereocenters. The van der Waals surface area contributed by atoms with Crippen molar-refractivity contribution in [3.8, 4) is 0 Å². The molecule has 68 valence electrons. The summed E-state index contributed by atoms with van der Waals surface area (Å²) in [5.74, 6) is 0. The number of allylic oxidation sites excluding steroid dienone is 2. The van der Waals surface area contributed by atoms with Gasteiger partial charge in [0.25, 0.3) is 0 Å². The molecule has 1 aliphatic rings. The Hall–Kier alpha value is -0.760. The average Bonchev–Trinajstić information content (AvgIpc) is 2.05. The number of nitrogens with one attached hydrogen (secondary N) is 2. The quantitative estimate of drug-likeness (QED) is 0.662. The molecular formula is C10H18N2. The van der Waals surface area contributed by atoms with Crippen molar-refractivity contribution in [2.75, 3.05) is 13.6 Å². The second-order valence-electron chi connectivity index (χ2n) is 3.33. The van der Waals surface area contributed by atoms with Crippen molar-refractivity contribution in [1.29, 1.82) is 0 Å². The molecule has 0 fully saturated rings. The highest BCUT2D eigenvalue weighted by Crippen LogP contribution is 2.22. The van der Waals surface area contributed by atoms with E-state index in [0.29, 0.717) is 0 Å². The molecule has 0 radical (unpaired) electrons. The molecule has 1 aliphatic carbocycles. The van der Waals surface area contributed by atoms with Crippen LogP contribution in [0.5, 0.6) is 0 Å². The fourth-order valence-electron chi connectivity index (χ4n) is 1.68. The molecule has 0 amide bonds. The summed E-state index contributed by atoms with van der Waals surface area (Å²) in [4.78, 5) is 0. The number of hydrogen-bond donors (Lipinski definition) is 2. The first-order valence-electron chi connectivity index (χ1n) is 4.53. The lowest BCUT2D eigenvalue weighted by molar-refractivity contribution is 0.407. The lowest BCUT2D eigenvalue weighted by atomic mass is 9.89. The second kappa shape index (κ2) is 3.76. The number of rotatable bonds is 3. The Morgan fingerprint density at radius 1 is 1.58 bits per heavy atom. The van der Waals surface area contributed by atoms with Crippen molar-refractivity contribution in [3.05, 3.63) is 23.9 Å². The first-order chi connectivity index (χ1) is 5.73. The molecule has 1 unspecified atom stereocenters. The minimum Gasteiger partial charge on any atom is -0.390 e. The first kappa shape index (κ1) is 9.33. The Morgan fingerprint density at radius 3 is 2.92 bits per heavy atom. The molecule has 2 nitrogen and oxygen atoms in total. The molecule has 0 bridgehead atoms. The predicted octanol–water partition coefficient (Wildman–Crippen LogP) is 1.42. The van der Waals surface area contributed by atoms with Gasteiger partial charge in [-0.25, -0.2) is 0 Å². The summed E-state index contributed by atoms with van der Waals surface area (Å²) in [6.45, 7) is 5.36. The molecule has 0 saturated carbocycles. The summed E-state index contributed by atoms with van der Waals surface area (Å²) < 4.78 is 0. The smallest absolute Gasteiger partial charge is 0.0589 e. The van der Waals surface area contributed by atoms with Crippen LogP contribution < -0.4 is 10.6 Å². The van der Waals surface area contributed by atoms with Crippen molar-refractivity contribution < 1.29 is 0 Å². The van der Waals surface area contributed by atoms with E-state index in [2.05, 4.69) is 42.7 Å². The van der Waals surface area contributed by atoms with E-state index in [1.54, 1.807) is 0 Å². The lowest BCUT2D eigenvalue weighted by Crippen LogP contribution is -2.47. The molecule has 0 heterocycles. The van der Waals surface area contributed by atoms with Crippen LogP contribution in [0.2, 0.25) is 0 Å².